The maximum atomic E-state index is 11.8. The molecule has 0 unspecified atom stereocenters. The average Bonchev–Trinajstić information content (AvgIpc) is 2.82. The van der Waals surface area contributed by atoms with Crippen LogP contribution >= 0.6 is 22.9 Å². The predicted octanol–water partition coefficient (Wildman–Crippen LogP) is 2.42. The zero-order chi connectivity index (χ0) is 13.8. The fourth-order valence-electron chi connectivity index (χ4n) is 1.36. The molecule has 2 aromatic rings. The number of nitrogens with one attached hydrogen (secondary N) is 1. The Morgan fingerprint density at radius 1 is 1.32 bits per heavy atom. The van der Waals surface area contributed by atoms with Gasteiger partial charge in [0.15, 0.2) is 0 Å². The van der Waals surface area contributed by atoms with Gasteiger partial charge < -0.3 is 10.4 Å². The molecule has 0 aliphatic heterocycles. The summed E-state index contributed by atoms with van der Waals surface area (Å²) in [6.07, 6.45) is 1.15. The highest BCUT2D eigenvalue weighted by molar-refractivity contribution is 7.16. The van der Waals surface area contributed by atoms with Gasteiger partial charge in [0, 0.05) is 11.1 Å². The third-order valence-electron chi connectivity index (χ3n) is 2.30. The molecule has 0 fully saturated rings. The van der Waals surface area contributed by atoms with Gasteiger partial charge in [-0.15, -0.1) is 11.3 Å². The number of carboxylic acids is 1. The van der Waals surface area contributed by atoms with Crippen molar-refractivity contribution in [1.29, 1.82) is 0 Å². The average molecular weight is 297 g/mol. The number of rotatable bonds is 4. The van der Waals surface area contributed by atoms with Gasteiger partial charge in [0.25, 0.3) is 5.91 Å². The molecule has 0 bridgehead atoms. The number of carbonyl (C=O) groups is 2. The minimum atomic E-state index is -1.08. The second-order valence-electron chi connectivity index (χ2n) is 3.63. The molecule has 2 rings (SSSR count). The van der Waals surface area contributed by atoms with Gasteiger partial charge >= 0.3 is 5.97 Å². The van der Waals surface area contributed by atoms with E-state index in [9.17, 15) is 9.59 Å². The number of thiophene rings is 1. The van der Waals surface area contributed by atoms with E-state index in [0.29, 0.717) is 10.9 Å². The number of amides is 1. The molecule has 1 amide bonds. The molecule has 2 aromatic heterocycles. The van der Waals surface area contributed by atoms with Crippen LogP contribution in [0.1, 0.15) is 25.7 Å². The first-order valence-electron chi connectivity index (χ1n) is 5.28. The number of aromatic nitrogens is 1. The van der Waals surface area contributed by atoms with Crippen LogP contribution in [0.4, 0.5) is 0 Å². The maximum absolute atomic E-state index is 11.8. The molecule has 2 N–H and O–H groups in total. The highest BCUT2D eigenvalue weighted by Crippen LogP contribution is 2.21. The van der Waals surface area contributed by atoms with Crippen molar-refractivity contribution in [2.45, 2.75) is 6.54 Å². The Hall–Kier alpha value is -1.92. The fourth-order valence-corrected chi connectivity index (χ4v) is 2.39. The van der Waals surface area contributed by atoms with Gasteiger partial charge in [-0.1, -0.05) is 11.6 Å². The first kappa shape index (κ1) is 13.5. The molecule has 0 spiro atoms. The molecule has 0 aliphatic carbocycles. The number of carbonyl (C=O) groups excluding carboxylic acids is 1. The summed E-state index contributed by atoms with van der Waals surface area (Å²) in [7, 11) is 0. The topological polar surface area (TPSA) is 79.3 Å². The second-order valence-corrected chi connectivity index (χ2v) is 5.43. The Kier molecular flexibility index (Phi) is 4.13. The first-order chi connectivity index (χ1) is 9.06. The highest BCUT2D eigenvalue weighted by Gasteiger charge is 2.09. The molecule has 0 saturated carbocycles. The Morgan fingerprint density at radius 3 is 2.63 bits per heavy atom. The Labute approximate surface area is 117 Å². The summed E-state index contributed by atoms with van der Waals surface area (Å²) in [5.74, 6) is -1.44. The number of nitrogens with zero attached hydrogens (tertiary/aromatic N) is 1. The molecule has 0 radical (unpaired) electrons. The van der Waals surface area contributed by atoms with E-state index in [4.69, 9.17) is 16.7 Å². The summed E-state index contributed by atoms with van der Waals surface area (Å²) >= 11 is 7.16. The smallest absolute Gasteiger partial charge is 0.337 e. The van der Waals surface area contributed by atoms with Gasteiger partial charge in [-0.05, 0) is 24.3 Å². The lowest BCUT2D eigenvalue weighted by atomic mass is 10.2. The number of hydrogen-bond acceptors (Lipinski definition) is 4. The summed E-state index contributed by atoms with van der Waals surface area (Å²) in [5, 5.41) is 11.4. The van der Waals surface area contributed by atoms with Crippen LogP contribution in [-0.4, -0.2) is 22.0 Å². The van der Waals surface area contributed by atoms with Gasteiger partial charge in [-0.3, -0.25) is 9.78 Å². The molecule has 98 valence electrons. The molecule has 0 aromatic carbocycles. The minimum absolute atomic E-state index is 0.0431. The van der Waals surface area contributed by atoms with E-state index in [1.165, 1.54) is 23.5 Å². The molecular weight excluding hydrogens is 288 g/mol. The van der Waals surface area contributed by atoms with Crippen LogP contribution in [0.3, 0.4) is 0 Å². The van der Waals surface area contributed by atoms with E-state index in [0.717, 1.165) is 11.1 Å². The van der Waals surface area contributed by atoms with Gasteiger partial charge in [-0.2, -0.15) is 0 Å². The lowest BCUT2D eigenvalue weighted by molar-refractivity contribution is 0.0695. The van der Waals surface area contributed by atoms with Crippen LogP contribution in [-0.2, 0) is 6.54 Å². The Bertz CT molecular complexity index is 610. The monoisotopic (exact) mass is 296 g/mol. The largest absolute Gasteiger partial charge is 0.478 e. The van der Waals surface area contributed by atoms with E-state index < -0.39 is 5.97 Å². The minimum Gasteiger partial charge on any atom is -0.478 e. The number of pyridine rings is 1. The van der Waals surface area contributed by atoms with Crippen molar-refractivity contribution in [3.63, 3.8) is 0 Å². The van der Waals surface area contributed by atoms with Gasteiger partial charge in [0.05, 0.1) is 16.4 Å². The number of hydrogen-bond donors (Lipinski definition) is 2. The molecule has 5 nitrogen and oxygen atoms in total. The van der Waals surface area contributed by atoms with E-state index in [2.05, 4.69) is 10.3 Å². The van der Waals surface area contributed by atoms with E-state index in [-0.39, 0.29) is 17.2 Å². The van der Waals surface area contributed by atoms with Crippen LogP contribution in [0.25, 0.3) is 0 Å². The lowest BCUT2D eigenvalue weighted by Crippen LogP contribution is -2.23. The van der Waals surface area contributed by atoms with Gasteiger partial charge in [-0.25, -0.2) is 4.79 Å². The molecule has 0 aliphatic rings. The van der Waals surface area contributed by atoms with Crippen LogP contribution in [0.5, 0.6) is 0 Å². The zero-order valence-corrected chi connectivity index (χ0v) is 11.2. The third kappa shape index (κ3) is 3.52. The molecule has 0 atom stereocenters. The van der Waals surface area contributed by atoms with Gasteiger partial charge in [0.2, 0.25) is 0 Å². The van der Waals surface area contributed by atoms with E-state index in [1.807, 2.05) is 6.07 Å². The van der Waals surface area contributed by atoms with Crippen LogP contribution in [0, 0.1) is 0 Å². The molecule has 2 heterocycles. The lowest BCUT2D eigenvalue weighted by Gasteiger charge is -2.03. The SMILES string of the molecule is O=C(O)c1ccc(C(=O)NCc2ccc(Cl)s2)nc1. The maximum Gasteiger partial charge on any atom is 0.337 e. The van der Waals surface area contributed by atoms with Crippen molar-refractivity contribution >= 4 is 34.8 Å². The number of carboxylic acid groups (broad SMARTS) is 1. The number of halogens is 1. The normalized spacial score (nSPS) is 10.2. The molecule has 19 heavy (non-hydrogen) atoms. The van der Waals surface area contributed by atoms with Crippen LogP contribution in [0.15, 0.2) is 30.5 Å². The predicted molar refractivity (Wildman–Crippen MR) is 71.7 cm³/mol. The molecule has 7 heteroatoms. The Morgan fingerprint density at radius 2 is 2.11 bits per heavy atom. The van der Waals surface area contributed by atoms with Gasteiger partial charge in [0.1, 0.15) is 5.69 Å². The van der Waals surface area contributed by atoms with Crippen LogP contribution in [0.2, 0.25) is 4.34 Å². The highest BCUT2D eigenvalue weighted by atomic mass is 35.5. The summed E-state index contributed by atoms with van der Waals surface area (Å²) in [6, 6.07) is 6.30. The fraction of sp³-hybridized carbons (Fsp3) is 0.0833. The van der Waals surface area contributed by atoms with Crippen molar-refractivity contribution in [3.05, 3.63) is 50.9 Å². The summed E-state index contributed by atoms with van der Waals surface area (Å²) in [5.41, 5.74) is 0.217. The molecule has 0 saturated heterocycles. The summed E-state index contributed by atoms with van der Waals surface area (Å²) in [4.78, 5) is 27.1. The van der Waals surface area contributed by atoms with Crippen molar-refractivity contribution in [2.75, 3.05) is 0 Å². The zero-order valence-electron chi connectivity index (χ0n) is 9.59. The van der Waals surface area contributed by atoms with Crippen LogP contribution < -0.4 is 5.32 Å². The summed E-state index contributed by atoms with van der Waals surface area (Å²) in [6.45, 7) is 0.360. The van der Waals surface area contributed by atoms with Crippen molar-refractivity contribution < 1.29 is 14.7 Å². The summed E-state index contributed by atoms with van der Waals surface area (Å²) < 4.78 is 0.660. The quantitative estimate of drug-likeness (QED) is 0.908. The standard InChI is InChI=1S/C12H9ClN2O3S/c13-10-4-2-8(19-10)6-15-11(16)9-3-1-7(5-14-9)12(17)18/h1-5H,6H2,(H,15,16)(H,17,18). The number of aromatic carboxylic acids is 1. The van der Waals surface area contributed by atoms with E-state index >= 15 is 0 Å². The van der Waals surface area contributed by atoms with Crippen molar-refractivity contribution in [3.8, 4) is 0 Å². The second kappa shape index (κ2) is 5.81. The van der Waals surface area contributed by atoms with Crippen molar-refractivity contribution in [2.24, 2.45) is 0 Å². The first-order valence-corrected chi connectivity index (χ1v) is 6.47. The third-order valence-corrected chi connectivity index (χ3v) is 3.53. The molecular formula is C12H9ClN2O3S. The van der Waals surface area contributed by atoms with Crippen molar-refractivity contribution in [1.82, 2.24) is 10.3 Å². The van der Waals surface area contributed by atoms with E-state index in [1.54, 1.807) is 6.07 Å². The Balaban J connectivity index is 1.98.